The lowest BCUT2D eigenvalue weighted by atomic mass is 9.82. The molecule has 2 atom stereocenters. The van der Waals surface area contributed by atoms with Crippen LogP contribution >= 0.6 is 0 Å². The molecule has 230 valence electrons. The van der Waals surface area contributed by atoms with Crippen LogP contribution in [0.2, 0.25) is 0 Å². The molecule has 0 heterocycles. The molecule has 7 aromatic carbocycles. The highest BCUT2D eigenvalue weighted by Gasteiger charge is 2.33. The minimum absolute atomic E-state index is 0.140. The number of benzene rings is 7. The van der Waals surface area contributed by atoms with Crippen LogP contribution in [0, 0.1) is 0 Å². The van der Waals surface area contributed by atoms with E-state index in [4.69, 9.17) is 0 Å². The number of hydrogen-bond acceptors (Lipinski definition) is 0. The fourth-order valence-electron chi connectivity index (χ4n) is 8.55. The van der Waals surface area contributed by atoms with Crippen LogP contribution in [0.5, 0.6) is 0 Å². The van der Waals surface area contributed by atoms with Crippen LogP contribution < -0.4 is 0 Å². The summed E-state index contributed by atoms with van der Waals surface area (Å²) in [6.45, 7) is 2.35. The summed E-state index contributed by atoms with van der Waals surface area (Å²) in [5.41, 5.74) is 17.9. The third-order valence-corrected chi connectivity index (χ3v) is 10.7. The summed E-state index contributed by atoms with van der Waals surface area (Å²) in [5.74, 6) is 0.568. The van der Waals surface area contributed by atoms with Gasteiger partial charge >= 0.3 is 0 Å². The van der Waals surface area contributed by atoms with Crippen molar-refractivity contribution < 1.29 is 0 Å². The predicted molar refractivity (Wildman–Crippen MR) is 204 cm³/mol. The van der Waals surface area contributed by atoms with E-state index in [2.05, 4.69) is 171 Å². The van der Waals surface area contributed by atoms with E-state index in [9.17, 15) is 0 Å². The van der Waals surface area contributed by atoms with Gasteiger partial charge in [-0.1, -0.05) is 165 Å². The third-order valence-electron chi connectivity index (χ3n) is 10.7. The molecule has 0 radical (unpaired) electrons. The van der Waals surface area contributed by atoms with Crippen molar-refractivity contribution >= 4 is 16.8 Å². The van der Waals surface area contributed by atoms with E-state index in [1.807, 2.05) is 0 Å². The summed E-state index contributed by atoms with van der Waals surface area (Å²) in [6.07, 6.45) is 8.06. The molecule has 0 fully saturated rings. The molecule has 2 aliphatic rings. The highest BCUT2D eigenvalue weighted by atomic mass is 14.4. The van der Waals surface area contributed by atoms with Gasteiger partial charge in [0.2, 0.25) is 0 Å². The van der Waals surface area contributed by atoms with Crippen molar-refractivity contribution in [3.63, 3.8) is 0 Å². The maximum absolute atomic E-state index is 2.50. The summed E-state index contributed by atoms with van der Waals surface area (Å²) in [4.78, 5) is 0. The standard InChI is InChI=1S/C48H38/c1-2-39-42-29-28-37(31-45(42)48-44-23-12-10-21-41(44)40-20-9-11-22-43(40)47(39)48)36-18-13-19-38(30-36)46(34-16-7-4-8-17-34)35-26-24-33(25-27-35)32-14-5-3-6-15-32/h3-11,13-22,24-31,39,46H,2,12,23H2,1H3. The molecule has 0 saturated carbocycles. The van der Waals surface area contributed by atoms with Gasteiger partial charge in [-0.15, -0.1) is 0 Å². The lowest BCUT2D eigenvalue weighted by Gasteiger charge is -2.21. The molecule has 0 aromatic heterocycles. The van der Waals surface area contributed by atoms with Gasteiger partial charge in [-0.05, 0) is 108 Å². The monoisotopic (exact) mass is 614 g/mol. The van der Waals surface area contributed by atoms with Gasteiger partial charge in [0, 0.05) is 11.8 Å². The van der Waals surface area contributed by atoms with E-state index in [-0.39, 0.29) is 5.92 Å². The SMILES string of the molecule is CCC1c2ccc(-c3cccc(C(c4ccccc4)c4ccc(-c5ccccc5)cc4)c3)cc2-c2c3c(c4ccccc4c21)C=CCC3. The Morgan fingerprint density at radius 1 is 0.562 bits per heavy atom. The molecular formula is C48H38. The fourth-order valence-corrected chi connectivity index (χ4v) is 8.55. The van der Waals surface area contributed by atoms with E-state index < -0.39 is 0 Å². The quantitative estimate of drug-likeness (QED) is 0.164. The summed E-state index contributed by atoms with van der Waals surface area (Å²) in [6, 6.07) is 56.4. The van der Waals surface area contributed by atoms with Gasteiger partial charge < -0.3 is 0 Å². The Morgan fingerprint density at radius 2 is 1.19 bits per heavy atom. The van der Waals surface area contributed by atoms with Gasteiger partial charge in [-0.3, -0.25) is 0 Å². The highest BCUT2D eigenvalue weighted by molar-refractivity contribution is 6.04. The maximum atomic E-state index is 2.50. The topological polar surface area (TPSA) is 0 Å². The number of hydrogen-bond donors (Lipinski definition) is 0. The first-order chi connectivity index (χ1) is 23.8. The van der Waals surface area contributed by atoms with Crippen molar-refractivity contribution in [1.82, 2.24) is 0 Å². The van der Waals surface area contributed by atoms with Crippen LogP contribution in [0.25, 0.3) is 50.2 Å². The average Bonchev–Trinajstić information content (AvgIpc) is 3.50. The van der Waals surface area contributed by atoms with Crippen LogP contribution in [0.3, 0.4) is 0 Å². The Kier molecular flexibility index (Phi) is 7.16. The maximum Gasteiger partial charge on any atom is 0.0340 e. The minimum atomic E-state index is 0.140. The average molecular weight is 615 g/mol. The van der Waals surface area contributed by atoms with E-state index in [1.165, 1.54) is 77.5 Å². The van der Waals surface area contributed by atoms with Crippen LogP contribution in [-0.2, 0) is 6.42 Å². The molecule has 0 heteroatoms. The molecule has 0 spiro atoms. The molecule has 2 aliphatic carbocycles. The molecule has 2 unspecified atom stereocenters. The number of rotatable bonds is 6. The van der Waals surface area contributed by atoms with Crippen molar-refractivity contribution in [2.75, 3.05) is 0 Å². The highest BCUT2D eigenvalue weighted by Crippen LogP contribution is 2.54. The lowest BCUT2D eigenvalue weighted by Crippen LogP contribution is -2.03. The molecule has 0 saturated heterocycles. The summed E-state index contributed by atoms with van der Waals surface area (Å²) in [7, 11) is 0. The third kappa shape index (κ3) is 4.75. The predicted octanol–water partition coefficient (Wildman–Crippen LogP) is 12.8. The second kappa shape index (κ2) is 12.0. The van der Waals surface area contributed by atoms with E-state index in [0.29, 0.717) is 5.92 Å². The first-order valence-corrected chi connectivity index (χ1v) is 17.5. The van der Waals surface area contributed by atoms with Crippen LogP contribution in [0.4, 0.5) is 0 Å². The summed E-state index contributed by atoms with van der Waals surface area (Å²) >= 11 is 0. The molecule has 7 aromatic rings. The van der Waals surface area contributed by atoms with E-state index in [0.717, 1.165) is 19.3 Å². The largest absolute Gasteiger partial charge is 0.0836 e. The smallest absolute Gasteiger partial charge is 0.0340 e. The Hall–Kier alpha value is -5.46. The van der Waals surface area contributed by atoms with Crippen molar-refractivity contribution in [2.45, 2.75) is 38.0 Å². The number of fused-ring (bicyclic) bond motifs is 8. The summed E-state index contributed by atoms with van der Waals surface area (Å²) in [5, 5.41) is 2.83. The second-order valence-corrected chi connectivity index (χ2v) is 13.4. The second-order valence-electron chi connectivity index (χ2n) is 13.4. The van der Waals surface area contributed by atoms with Gasteiger partial charge in [-0.25, -0.2) is 0 Å². The van der Waals surface area contributed by atoms with Crippen LogP contribution in [0.15, 0.2) is 158 Å². The van der Waals surface area contributed by atoms with Crippen molar-refractivity contribution in [2.24, 2.45) is 0 Å². The van der Waals surface area contributed by atoms with Crippen LogP contribution in [0.1, 0.15) is 70.5 Å². The molecule has 0 nitrogen and oxygen atoms in total. The Balaban J connectivity index is 1.16. The Labute approximate surface area is 284 Å². The van der Waals surface area contributed by atoms with Crippen molar-refractivity contribution in [1.29, 1.82) is 0 Å². The van der Waals surface area contributed by atoms with Crippen molar-refractivity contribution in [3.05, 3.63) is 197 Å². The minimum Gasteiger partial charge on any atom is -0.0836 e. The van der Waals surface area contributed by atoms with Gasteiger partial charge in [0.1, 0.15) is 0 Å². The Bertz CT molecular complexity index is 2310. The number of allylic oxidation sites excluding steroid dienone is 1. The fraction of sp³-hybridized carbons (Fsp3) is 0.125. The van der Waals surface area contributed by atoms with E-state index in [1.54, 1.807) is 5.56 Å². The van der Waals surface area contributed by atoms with Gasteiger partial charge in [0.15, 0.2) is 0 Å². The zero-order valence-electron chi connectivity index (χ0n) is 27.4. The first kappa shape index (κ1) is 28.7. The zero-order chi connectivity index (χ0) is 32.0. The van der Waals surface area contributed by atoms with Gasteiger partial charge in [-0.2, -0.15) is 0 Å². The van der Waals surface area contributed by atoms with Gasteiger partial charge in [0.05, 0.1) is 0 Å². The molecule has 0 aliphatic heterocycles. The molecule has 9 rings (SSSR count). The molecule has 48 heavy (non-hydrogen) atoms. The van der Waals surface area contributed by atoms with Crippen LogP contribution in [-0.4, -0.2) is 0 Å². The molecule has 0 N–H and O–H groups in total. The van der Waals surface area contributed by atoms with E-state index >= 15 is 0 Å². The van der Waals surface area contributed by atoms with Gasteiger partial charge in [0.25, 0.3) is 0 Å². The zero-order valence-corrected chi connectivity index (χ0v) is 27.4. The molecule has 0 bridgehead atoms. The first-order valence-electron chi connectivity index (χ1n) is 17.5. The molecule has 0 amide bonds. The summed E-state index contributed by atoms with van der Waals surface area (Å²) < 4.78 is 0. The normalized spacial score (nSPS) is 15.1. The van der Waals surface area contributed by atoms with Crippen molar-refractivity contribution in [3.8, 4) is 33.4 Å². The molecular weight excluding hydrogens is 577 g/mol. The lowest BCUT2D eigenvalue weighted by molar-refractivity contribution is 0.802. The Morgan fingerprint density at radius 3 is 1.98 bits per heavy atom.